The van der Waals surface area contributed by atoms with Crippen LogP contribution in [0.5, 0.6) is 0 Å². The maximum Gasteiger partial charge on any atom is 0.297 e. The first-order chi connectivity index (χ1) is 16.0. The van der Waals surface area contributed by atoms with E-state index in [1.165, 1.54) is 12.1 Å². The van der Waals surface area contributed by atoms with Gasteiger partial charge in [0, 0.05) is 0 Å². The number of hydrogen-bond donors (Lipinski definition) is 1. The molecule has 6 atom stereocenters. The van der Waals surface area contributed by atoms with Gasteiger partial charge in [-0.05, 0) is 37.9 Å². The molecule has 35 heavy (non-hydrogen) atoms. The largest absolute Gasteiger partial charge is 0.349 e. The minimum absolute atomic E-state index is 0.0178. The molecule has 0 bridgehead atoms. The number of carbonyl (C=O) groups excluding carboxylic acids is 1. The Labute approximate surface area is 208 Å². The van der Waals surface area contributed by atoms with Crippen LogP contribution in [0.2, 0.25) is 23.7 Å². The Hall–Kier alpha value is -1.34. The van der Waals surface area contributed by atoms with Gasteiger partial charge >= 0.3 is 0 Å². The first kappa shape index (κ1) is 26.7. The highest BCUT2D eigenvalue weighted by molar-refractivity contribution is 7.86. The van der Waals surface area contributed by atoms with Gasteiger partial charge in [0.1, 0.15) is 24.5 Å². The number of nitrogens with one attached hydrogen (secondary N) is 1. The molecule has 1 amide bonds. The molecule has 0 aromatic heterocycles. The van der Waals surface area contributed by atoms with Gasteiger partial charge in [0.15, 0.2) is 12.1 Å². The topological polar surface area (TPSA) is 109 Å². The molecular weight excluding hydrogens is 490 g/mol. The van der Waals surface area contributed by atoms with Gasteiger partial charge in [-0.15, -0.1) is 0 Å². The third kappa shape index (κ3) is 5.09. The fourth-order valence-electron chi connectivity index (χ4n) is 4.58. The van der Waals surface area contributed by atoms with Crippen LogP contribution in [0.4, 0.5) is 0 Å². The molecule has 0 radical (unpaired) electrons. The Morgan fingerprint density at radius 2 is 1.74 bits per heavy atom. The zero-order valence-corrected chi connectivity index (χ0v) is 23.5. The molecule has 4 rings (SSSR count). The fraction of sp³-hybridized carbons (Fsp3) is 0.708. The van der Waals surface area contributed by atoms with E-state index in [1.54, 1.807) is 26.0 Å². The van der Waals surface area contributed by atoms with Crippen molar-refractivity contribution >= 4 is 24.1 Å². The maximum atomic E-state index is 12.8. The van der Waals surface area contributed by atoms with Crippen molar-refractivity contribution in [1.82, 2.24) is 5.32 Å². The first-order valence-corrected chi connectivity index (χ1v) is 16.4. The normalized spacial score (nSPS) is 32.7. The molecule has 1 N–H and O–H groups in total. The standard InChI is InChI=1S/C24H37NO8SSi/c1-14-9-11-15(12-10-14)34(27,28)29-13-16-17(18-22(30-16)33-24(5,6)32-18)31-21-19(20(26)25-21)35(7,8)23(2,3)4/h9-12,16-19,21-22H,13H2,1-8H3,(H,25,26)/t16-,17+,18-,19-,21-,22-/m1/s1. The number of β-lactam (4-membered cyclic amide) rings is 1. The van der Waals surface area contributed by atoms with Crippen molar-refractivity contribution < 1.29 is 36.3 Å². The van der Waals surface area contributed by atoms with Crippen molar-refractivity contribution in [2.45, 2.75) is 107 Å². The Balaban J connectivity index is 1.52. The van der Waals surface area contributed by atoms with Crippen molar-refractivity contribution in [2.24, 2.45) is 0 Å². The zero-order chi connectivity index (χ0) is 26.0. The number of aryl methyl sites for hydroxylation is 1. The van der Waals surface area contributed by atoms with Gasteiger partial charge in [0.2, 0.25) is 5.91 Å². The van der Waals surface area contributed by atoms with Crippen LogP contribution in [0, 0.1) is 6.92 Å². The zero-order valence-electron chi connectivity index (χ0n) is 21.7. The summed E-state index contributed by atoms with van der Waals surface area (Å²) >= 11 is 0. The minimum atomic E-state index is -4.00. The molecule has 3 saturated heterocycles. The summed E-state index contributed by atoms with van der Waals surface area (Å²) in [5.74, 6) is -0.894. The molecule has 3 aliphatic heterocycles. The molecule has 1 aromatic carbocycles. The lowest BCUT2D eigenvalue weighted by molar-refractivity contribution is -0.227. The molecule has 1 aromatic rings. The SMILES string of the molecule is Cc1ccc(S(=O)(=O)OC[C@H]2O[C@@H]3OC(C)(C)O[C@@H]3[C@H]2O[C@H]2NC(=O)[C@H]2[Si](C)(C)C(C)(C)C)cc1. The van der Waals surface area contributed by atoms with Crippen LogP contribution in [0.1, 0.15) is 40.2 Å². The first-order valence-electron chi connectivity index (χ1n) is 11.9. The van der Waals surface area contributed by atoms with E-state index in [0.29, 0.717) is 0 Å². The van der Waals surface area contributed by atoms with Crippen molar-refractivity contribution in [2.75, 3.05) is 6.61 Å². The van der Waals surface area contributed by atoms with E-state index in [9.17, 15) is 13.2 Å². The van der Waals surface area contributed by atoms with Gasteiger partial charge in [-0.2, -0.15) is 8.42 Å². The van der Waals surface area contributed by atoms with Crippen molar-refractivity contribution in [1.29, 1.82) is 0 Å². The molecule has 11 heteroatoms. The molecule has 196 valence electrons. The molecule has 3 heterocycles. The predicted molar refractivity (Wildman–Crippen MR) is 131 cm³/mol. The van der Waals surface area contributed by atoms with Crippen LogP contribution >= 0.6 is 0 Å². The third-order valence-electron chi connectivity index (χ3n) is 7.67. The number of amides is 1. The highest BCUT2D eigenvalue weighted by atomic mass is 32.2. The molecule has 0 spiro atoms. The Morgan fingerprint density at radius 3 is 2.31 bits per heavy atom. The monoisotopic (exact) mass is 527 g/mol. The Kier molecular flexibility index (Phi) is 6.79. The van der Waals surface area contributed by atoms with E-state index in [2.05, 4.69) is 39.2 Å². The quantitative estimate of drug-likeness (QED) is 0.327. The number of carbonyl (C=O) groups is 1. The minimum Gasteiger partial charge on any atom is -0.349 e. The lowest BCUT2D eigenvalue weighted by Crippen LogP contribution is -2.67. The van der Waals surface area contributed by atoms with Gasteiger partial charge in [0.25, 0.3) is 10.1 Å². The highest BCUT2D eigenvalue weighted by Crippen LogP contribution is 2.49. The van der Waals surface area contributed by atoms with Crippen LogP contribution in [0.15, 0.2) is 29.2 Å². The number of ether oxygens (including phenoxy) is 4. The number of benzene rings is 1. The summed E-state index contributed by atoms with van der Waals surface area (Å²) in [7, 11) is -6.07. The highest BCUT2D eigenvalue weighted by Gasteiger charge is 2.60. The van der Waals surface area contributed by atoms with Gasteiger partial charge in [0.05, 0.1) is 25.1 Å². The lowest BCUT2D eigenvalue weighted by atomic mass is 10.1. The second-order valence-corrected chi connectivity index (χ2v) is 18.9. The molecular formula is C24H37NO8SSi. The average Bonchev–Trinajstić information content (AvgIpc) is 3.16. The summed E-state index contributed by atoms with van der Waals surface area (Å²) in [6, 6.07) is 6.43. The van der Waals surface area contributed by atoms with E-state index in [0.717, 1.165) is 5.56 Å². The van der Waals surface area contributed by atoms with Crippen molar-refractivity contribution in [3.63, 3.8) is 0 Å². The maximum absolute atomic E-state index is 12.8. The van der Waals surface area contributed by atoms with E-state index >= 15 is 0 Å². The van der Waals surface area contributed by atoms with Crippen molar-refractivity contribution in [3.8, 4) is 0 Å². The van der Waals surface area contributed by atoms with Crippen LogP contribution < -0.4 is 5.32 Å². The summed E-state index contributed by atoms with van der Waals surface area (Å²) in [5.41, 5.74) is 0.690. The summed E-state index contributed by atoms with van der Waals surface area (Å²) in [6.07, 6.45) is -3.28. The summed E-state index contributed by atoms with van der Waals surface area (Å²) in [4.78, 5) is 12.7. The lowest BCUT2D eigenvalue weighted by Gasteiger charge is -2.51. The number of hydrogen-bond acceptors (Lipinski definition) is 8. The fourth-order valence-corrected chi connectivity index (χ4v) is 8.09. The van der Waals surface area contributed by atoms with Crippen LogP contribution in [0.3, 0.4) is 0 Å². The molecule has 0 unspecified atom stereocenters. The second-order valence-electron chi connectivity index (χ2n) is 11.7. The van der Waals surface area contributed by atoms with E-state index in [4.69, 9.17) is 23.1 Å². The van der Waals surface area contributed by atoms with Crippen LogP contribution in [-0.2, 0) is 38.0 Å². The van der Waals surface area contributed by atoms with Gasteiger partial charge < -0.3 is 24.3 Å². The smallest absolute Gasteiger partial charge is 0.297 e. The van der Waals surface area contributed by atoms with E-state index in [1.807, 2.05) is 6.92 Å². The van der Waals surface area contributed by atoms with Gasteiger partial charge in [-0.3, -0.25) is 8.98 Å². The molecule has 3 fully saturated rings. The molecule has 9 nitrogen and oxygen atoms in total. The van der Waals surface area contributed by atoms with Crippen LogP contribution in [0.25, 0.3) is 0 Å². The summed E-state index contributed by atoms with van der Waals surface area (Å²) < 4.78 is 55.2. The number of fused-ring (bicyclic) bond motifs is 1. The Bertz CT molecular complexity index is 1070. The number of rotatable bonds is 7. The van der Waals surface area contributed by atoms with E-state index in [-0.39, 0.29) is 28.0 Å². The van der Waals surface area contributed by atoms with Crippen LogP contribution in [-0.4, -0.2) is 65.6 Å². The van der Waals surface area contributed by atoms with Gasteiger partial charge in [-0.25, -0.2) is 0 Å². The summed E-state index contributed by atoms with van der Waals surface area (Å²) in [5, 5.41) is 2.86. The summed E-state index contributed by atoms with van der Waals surface area (Å²) in [6.45, 7) is 16.0. The van der Waals surface area contributed by atoms with E-state index < -0.39 is 54.8 Å². The van der Waals surface area contributed by atoms with Gasteiger partial charge in [-0.1, -0.05) is 51.6 Å². The Morgan fingerprint density at radius 1 is 1.11 bits per heavy atom. The molecule has 3 aliphatic rings. The third-order valence-corrected chi connectivity index (χ3v) is 15.0. The van der Waals surface area contributed by atoms with Crippen molar-refractivity contribution in [3.05, 3.63) is 29.8 Å². The predicted octanol–water partition coefficient (Wildman–Crippen LogP) is 3.30. The second kappa shape index (κ2) is 8.90. The molecule has 0 aliphatic carbocycles. The average molecular weight is 528 g/mol. The molecule has 0 saturated carbocycles.